The van der Waals surface area contributed by atoms with Crippen LogP contribution < -0.4 is 5.32 Å². The Labute approximate surface area is 213 Å². The lowest BCUT2D eigenvalue weighted by atomic mass is 9.97. The van der Waals surface area contributed by atoms with Crippen molar-refractivity contribution >= 4 is 57.5 Å². The van der Waals surface area contributed by atoms with Crippen molar-refractivity contribution in [1.82, 2.24) is 4.98 Å². The molecule has 0 saturated carbocycles. The Morgan fingerprint density at radius 2 is 1.58 bits per heavy atom. The molecule has 0 aromatic carbocycles. The summed E-state index contributed by atoms with van der Waals surface area (Å²) in [6, 6.07) is 1.69. The molecular formula is C22H24N2O10S2. The second-order valence-corrected chi connectivity index (χ2v) is 9.45. The van der Waals surface area contributed by atoms with E-state index in [1.165, 1.54) is 24.5 Å². The first-order valence-corrected chi connectivity index (χ1v) is 12.4. The fourth-order valence-electron chi connectivity index (χ4n) is 3.45. The van der Waals surface area contributed by atoms with Crippen molar-refractivity contribution in [2.24, 2.45) is 0 Å². The topological polar surface area (TPSA) is 156 Å². The summed E-state index contributed by atoms with van der Waals surface area (Å²) < 4.78 is 27.1. The van der Waals surface area contributed by atoms with Crippen LogP contribution in [0.2, 0.25) is 0 Å². The van der Waals surface area contributed by atoms with E-state index in [0.717, 1.165) is 32.1 Å². The highest BCUT2D eigenvalue weighted by atomic mass is 32.1. The van der Waals surface area contributed by atoms with E-state index in [-0.39, 0.29) is 17.5 Å². The summed E-state index contributed by atoms with van der Waals surface area (Å²) in [5.41, 5.74) is 0.516. The maximum absolute atomic E-state index is 12.6. The van der Waals surface area contributed by atoms with Crippen molar-refractivity contribution in [1.29, 1.82) is 0 Å². The number of anilines is 1. The number of nitrogens with zero attached hydrogens (tertiary/aromatic N) is 1. The Balaban J connectivity index is 1.92. The van der Waals surface area contributed by atoms with Crippen LogP contribution in [0, 0.1) is 0 Å². The first-order valence-electron chi connectivity index (χ1n) is 10.6. The summed E-state index contributed by atoms with van der Waals surface area (Å²) in [5.74, 6) is -3.02. The molecule has 0 amide bonds. The molecule has 36 heavy (non-hydrogen) atoms. The zero-order valence-electron chi connectivity index (χ0n) is 19.7. The number of ether oxygens (including phenoxy) is 5. The molecule has 2 aromatic heterocycles. The van der Waals surface area contributed by atoms with E-state index in [2.05, 4.69) is 10.3 Å². The third-order valence-electron chi connectivity index (χ3n) is 4.77. The van der Waals surface area contributed by atoms with Crippen molar-refractivity contribution in [2.45, 2.75) is 58.3 Å². The second-order valence-electron chi connectivity index (χ2n) is 7.64. The van der Waals surface area contributed by atoms with Gasteiger partial charge >= 0.3 is 23.9 Å². The molecule has 1 N–H and O–H groups in total. The molecule has 0 radical (unpaired) electrons. The van der Waals surface area contributed by atoms with Crippen LogP contribution in [0.5, 0.6) is 0 Å². The number of aromatic nitrogens is 1. The number of hydrogen-bond acceptors (Lipinski definition) is 14. The average molecular weight is 541 g/mol. The number of carbonyl (C=O) groups is 5. The normalized spacial score (nSPS) is 23.3. The lowest BCUT2D eigenvalue weighted by Crippen LogP contribution is -2.64. The molecule has 0 bridgehead atoms. The van der Waals surface area contributed by atoms with Gasteiger partial charge in [-0.3, -0.25) is 24.0 Å². The summed E-state index contributed by atoms with van der Waals surface area (Å²) >= 11 is 2.42. The van der Waals surface area contributed by atoms with Crippen molar-refractivity contribution in [3.63, 3.8) is 0 Å². The van der Waals surface area contributed by atoms with Crippen LogP contribution in [0.1, 0.15) is 42.9 Å². The van der Waals surface area contributed by atoms with E-state index in [1.807, 2.05) is 0 Å². The van der Waals surface area contributed by atoms with Crippen LogP contribution in [0.4, 0.5) is 5.13 Å². The summed E-state index contributed by atoms with van der Waals surface area (Å²) in [4.78, 5) is 64.2. The lowest BCUT2D eigenvalue weighted by Gasteiger charge is -2.44. The van der Waals surface area contributed by atoms with Gasteiger partial charge in [0, 0.05) is 38.6 Å². The molecule has 3 rings (SSSR count). The molecule has 1 fully saturated rings. The minimum atomic E-state index is -1.31. The van der Waals surface area contributed by atoms with E-state index in [4.69, 9.17) is 23.7 Å². The monoisotopic (exact) mass is 540 g/mol. The third-order valence-corrected chi connectivity index (χ3v) is 6.38. The highest BCUT2D eigenvalue weighted by Crippen LogP contribution is 2.31. The fraction of sp³-hybridized carbons (Fsp3) is 0.455. The van der Waals surface area contributed by atoms with Crippen molar-refractivity contribution in [2.75, 3.05) is 11.9 Å². The van der Waals surface area contributed by atoms with Gasteiger partial charge in [0.25, 0.3) is 0 Å². The van der Waals surface area contributed by atoms with Crippen molar-refractivity contribution in [3.8, 4) is 0 Å². The quantitative estimate of drug-likeness (QED) is 0.280. The maximum atomic E-state index is 12.6. The largest absolute Gasteiger partial charge is 0.463 e. The molecule has 14 heteroatoms. The van der Waals surface area contributed by atoms with E-state index in [9.17, 15) is 24.0 Å². The van der Waals surface area contributed by atoms with Crippen LogP contribution >= 0.6 is 22.7 Å². The Kier molecular flexibility index (Phi) is 9.12. The zero-order chi connectivity index (χ0) is 26.4. The Morgan fingerprint density at radius 1 is 0.944 bits per heavy atom. The molecule has 5 atom stereocenters. The number of carbonyl (C=O) groups excluding carboxylic acids is 5. The standard InChI is InChI=1S/C22H24N2O10S2/c1-10(25)30-8-15-18(31-11(2)26)19(32-12(3)27)20(33-13(4)28)21(34-15)24-22-23-7-16(36-22)17(29)14-5-6-35-9-14/h5-7,9,15,18-21H,8H2,1-4H3,(H,23,24)/t15?,18-,19?,20?,21+/m1/s1. The minimum Gasteiger partial charge on any atom is -0.463 e. The number of esters is 4. The molecule has 12 nitrogen and oxygen atoms in total. The lowest BCUT2D eigenvalue weighted by molar-refractivity contribution is -0.247. The van der Waals surface area contributed by atoms with E-state index in [0.29, 0.717) is 10.4 Å². The first-order chi connectivity index (χ1) is 17.0. The van der Waals surface area contributed by atoms with Gasteiger partial charge in [-0.15, -0.1) is 0 Å². The van der Waals surface area contributed by atoms with Gasteiger partial charge in [0.05, 0.1) is 11.1 Å². The highest BCUT2D eigenvalue weighted by molar-refractivity contribution is 7.17. The molecule has 2 aromatic rings. The van der Waals surface area contributed by atoms with Crippen LogP contribution in [0.25, 0.3) is 0 Å². The molecule has 0 spiro atoms. The number of hydrogen-bond donors (Lipinski definition) is 1. The van der Waals surface area contributed by atoms with Crippen molar-refractivity contribution < 1.29 is 47.7 Å². The third kappa shape index (κ3) is 7.08. The Bertz CT molecular complexity index is 1120. The predicted molar refractivity (Wildman–Crippen MR) is 125 cm³/mol. The molecular weight excluding hydrogens is 516 g/mol. The minimum absolute atomic E-state index is 0.219. The molecule has 3 unspecified atom stereocenters. The molecule has 1 aliphatic rings. The van der Waals surface area contributed by atoms with Crippen LogP contribution in [-0.4, -0.2) is 71.9 Å². The molecule has 1 saturated heterocycles. The molecule has 3 heterocycles. The zero-order valence-corrected chi connectivity index (χ0v) is 21.4. The summed E-state index contributed by atoms with van der Waals surface area (Å²) in [5, 5.41) is 6.68. The predicted octanol–water partition coefficient (Wildman–Crippen LogP) is 1.93. The Morgan fingerprint density at radius 3 is 2.17 bits per heavy atom. The van der Waals surface area contributed by atoms with Crippen LogP contribution in [0.15, 0.2) is 23.0 Å². The van der Waals surface area contributed by atoms with Crippen molar-refractivity contribution in [3.05, 3.63) is 33.5 Å². The summed E-state index contributed by atoms with van der Waals surface area (Å²) in [6.07, 6.45) is -4.75. The van der Waals surface area contributed by atoms with Gasteiger partial charge in [0.2, 0.25) is 5.78 Å². The van der Waals surface area contributed by atoms with E-state index >= 15 is 0 Å². The molecule has 0 aliphatic carbocycles. The van der Waals surface area contributed by atoms with Gasteiger partial charge in [-0.1, -0.05) is 11.3 Å². The molecule has 194 valence electrons. The summed E-state index contributed by atoms with van der Waals surface area (Å²) in [7, 11) is 0. The maximum Gasteiger partial charge on any atom is 0.303 e. The Hall–Kier alpha value is -3.36. The van der Waals surface area contributed by atoms with Crippen LogP contribution in [-0.2, 0) is 42.9 Å². The van der Waals surface area contributed by atoms with Gasteiger partial charge in [0.1, 0.15) is 12.7 Å². The first kappa shape index (κ1) is 27.2. The van der Waals surface area contributed by atoms with Gasteiger partial charge in [0.15, 0.2) is 29.7 Å². The highest BCUT2D eigenvalue weighted by Gasteiger charge is 2.52. The second kappa shape index (κ2) is 12.1. The van der Waals surface area contributed by atoms with Gasteiger partial charge in [-0.25, -0.2) is 4.98 Å². The van der Waals surface area contributed by atoms with Gasteiger partial charge in [-0.2, -0.15) is 11.3 Å². The number of rotatable bonds is 9. The number of ketones is 1. The average Bonchev–Trinajstić information content (AvgIpc) is 3.47. The summed E-state index contributed by atoms with van der Waals surface area (Å²) in [6.45, 7) is 4.26. The van der Waals surface area contributed by atoms with Crippen LogP contribution in [0.3, 0.4) is 0 Å². The van der Waals surface area contributed by atoms with Gasteiger partial charge in [-0.05, 0) is 11.4 Å². The number of nitrogens with one attached hydrogen (secondary N) is 1. The number of thiophene rings is 1. The van der Waals surface area contributed by atoms with E-state index in [1.54, 1.807) is 16.8 Å². The molecule has 1 aliphatic heterocycles. The number of thiazole rings is 1. The fourth-order valence-corrected chi connectivity index (χ4v) is 4.89. The smallest absolute Gasteiger partial charge is 0.303 e. The van der Waals surface area contributed by atoms with E-state index < -0.39 is 54.5 Å². The SMILES string of the molecule is CC(=O)OCC1O[C@H](Nc2ncc(C(=O)c3ccsc3)s2)C(OC(C)=O)C(OC(C)=O)[C@@H]1OC(C)=O. The van der Waals surface area contributed by atoms with Gasteiger partial charge < -0.3 is 29.0 Å².